The van der Waals surface area contributed by atoms with Crippen molar-refractivity contribution in [3.05, 3.63) is 0 Å². The van der Waals surface area contributed by atoms with Crippen LogP contribution in [0.3, 0.4) is 0 Å². The molecule has 2 rings (SSSR count). The Balaban J connectivity index is 1.41. The number of rotatable bonds is 19. The molecule has 0 aromatic heterocycles. The van der Waals surface area contributed by atoms with Crippen molar-refractivity contribution < 1.29 is 20.1 Å². The highest BCUT2D eigenvalue weighted by Gasteiger charge is 2.43. The molecule has 0 aromatic carbocycles. The van der Waals surface area contributed by atoms with Crippen LogP contribution < -0.4 is 0 Å². The highest BCUT2D eigenvalue weighted by Crippen LogP contribution is 2.32. The van der Waals surface area contributed by atoms with Gasteiger partial charge in [-0.3, -0.25) is 4.90 Å². The normalized spacial score (nSPS) is 28.7. The fraction of sp³-hybridized carbons (Fsp3) is 1.00. The SMILES string of the molecule is CCCCCCCCCCCCCCCCO[C@H]1C[C@H](CN2CCC[C@H]2CO)[C@@H](O)[C@@H]1O. The quantitative estimate of drug-likeness (QED) is 0.238. The minimum absolute atomic E-state index is 0.0403. The third-order valence-corrected chi connectivity index (χ3v) is 7.76. The lowest BCUT2D eigenvalue weighted by Crippen LogP contribution is -2.40. The van der Waals surface area contributed by atoms with E-state index in [1.165, 1.54) is 83.5 Å². The molecular weight excluding hydrogens is 402 g/mol. The maximum absolute atomic E-state index is 10.5. The second-order valence-electron chi connectivity index (χ2n) is 10.5. The molecule has 0 amide bonds. The molecule has 190 valence electrons. The molecule has 0 unspecified atom stereocenters. The first kappa shape index (κ1) is 28.0. The fourth-order valence-electron chi connectivity index (χ4n) is 5.60. The number of aliphatic hydroxyl groups is 3. The summed E-state index contributed by atoms with van der Waals surface area (Å²) in [6.07, 6.45) is 19.9. The standard InChI is InChI=1S/C27H53NO4/c1-2-3-4-5-6-7-8-9-10-11-12-13-14-15-19-32-25-20-23(26(30)27(25)31)21-28-18-16-17-24(28)22-29/h23-27,29-31H,2-22H2,1H3/t23-,24+,25+,26-,27-/m1/s1. The van der Waals surface area contributed by atoms with Crippen molar-refractivity contribution in [2.75, 3.05) is 26.3 Å². The van der Waals surface area contributed by atoms with Crippen molar-refractivity contribution >= 4 is 0 Å². The minimum Gasteiger partial charge on any atom is -0.395 e. The van der Waals surface area contributed by atoms with Gasteiger partial charge >= 0.3 is 0 Å². The molecule has 1 saturated carbocycles. The Morgan fingerprint density at radius 2 is 1.34 bits per heavy atom. The van der Waals surface area contributed by atoms with Gasteiger partial charge in [-0.25, -0.2) is 0 Å². The van der Waals surface area contributed by atoms with Crippen molar-refractivity contribution in [3.63, 3.8) is 0 Å². The monoisotopic (exact) mass is 455 g/mol. The third kappa shape index (κ3) is 10.4. The van der Waals surface area contributed by atoms with Crippen LogP contribution in [0.25, 0.3) is 0 Å². The van der Waals surface area contributed by atoms with Gasteiger partial charge in [0.1, 0.15) is 6.10 Å². The Morgan fingerprint density at radius 1 is 0.781 bits per heavy atom. The molecule has 32 heavy (non-hydrogen) atoms. The van der Waals surface area contributed by atoms with E-state index < -0.39 is 12.2 Å². The Hall–Kier alpha value is -0.200. The van der Waals surface area contributed by atoms with Crippen molar-refractivity contribution in [2.24, 2.45) is 5.92 Å². The van der Waals surface area contributed by atoms with Crippen molar-refractivity contribution in [1.82, 2.24) is 4.90 Å². The molecule has 0 aromatic rings. The molecule has 5 atom stereocenters. The summed E-state index contributed by atoms with van der Waals surface area (Å²) in [7, 11) is 0. The van der Waals surface area contributed by atoms with Crippen LogP contribution in [0.1, 0.15) is 116 Å². The Bertz CT molecular complexity index is 449. The fourth-order valence-corrected chi connectivity index (χ4v) is 5.60. The largest absolute Gasteiger partial charge is 0.395 e. The molecule has 1 aliphatic heterocycles. The lowest BCUT2D eigenvalue weighted by atomic mass is 10.0. The summed E-state index contributed by atoms with van der Waals surface area (Å²) in [6, 6.07) is 0.217. The summed E-state index contributed by atoms with van der Waals surface area (Å²) in [5, 5.41) is 30.4. The van der Waals surface area contributed by atoms with Crippen LogP contribution in [-0.2, 0) is 4.74 Å². The van der Waals surface area contributed by atoms with Crippen molar-refractivity contribution in [3.8, 4) is 0 Å². The van der Waals surface area contributed by atoms with E-state index in [-0.39, 0.29) is 24.7 Å². The lowest BCUT2D eigenvalue weighted by molar-refractivity contribution is -0.0586. The van der Waals surface area contributed by atoms with Crippen LogP contribution in [0.15, 0.2) is 0 Å². The van der Waals surface area contributed by atoms with Gasteiger partial charge < -0.3 is 20.1 Å². The third-order valence-electron chi connectivity index (χ3n) is 7.76. The zero-order valence-electron chi connectivity index (χ0n) is 20.9. The molecule has 0 bridgehead atoms. The van der Waals surface area contributed by atoms with Crippen molar-refractivity contribution in [2.45, 2.75) is 140 Å². The highest BCUT2D eigenvalue weighted by atomic mass is 16.5. The first-order chi connectivity index (χ1) is 15.7. The molecular formula is C27H53NO4. The van der Waals surface area contributed by atoms with E-state index in [9.17, 15) is 15.3 Å². The average Bonchev–Trinajstić information content (AvgIpc) is 3.36. The number of unbranched alkanes of at least 4 members (excludes halogenated alkanes) is 13. The van der Waals surface area contributed by atoms with Gasteiger partial charge in [0.15, 0.2) is 0 Å². The van der Waals surface area contributed by atoms with Gasteiger partial charge in [-0.15, -0.1) is 0 Å². The summed E-state index contributed by atoms with van der Waals surface area (Å²) >= 11 is 0. The molecule has 5 heteroatoms. The van der Waals surface area contributed by atoms with Gasteiger partial charge in [-0.05, 0) is 32.2 Å². The van der Waals surface area contributed by atoms with E-state index in [1.54, 1.807) is 0 Å². The molecule has 2 fully saturated rings. The molecule has 2 aliphatic rings. The van der Waals surface area contributed by atoms with Crippen LogP contribution in [-0.4, -0.2) is 70.9 Å². The summed E-state index contributed by atoms with van der Waals surface area (Å²) in [5.74, 6) is 0.0403. The smallest absolute Gasteiger partial charge is 0.106 e. The predicted molar refractivity (Wildman–Crippen MR) is 132 cm³/mol. The summed E-state index contributed by atoms with van der Waals surface area (Å²) in [5.41, 5.74) is 0. The zero-order chi connectivity index (χ0) is 23.0. The van der Waals surface area contributed by atoms with E-state index in [2.05, 4.69) is 11.8 Å². The molecule has 0 spiro atoms. The maximum atomic E-state index is 10.5. The number of aliphatic hydroxyl groups excluding tert-OH is 3. The van der Waals surface area contributed by atoms with Crippen LogP contribution >= 0.6 is 0 Å². The highest BCUT2D eigenvalue weighted by molar-refractivity contribution is 4.95. The van der Waals surface area contributed by atoms with E-state index in [1.807, 2.05) is 0 Å². The first-order valence-electron chi connectivity index (χ1n) is 14.0. The van der Waals surface area contributed by atoms with Crippen LogP contribution in [0.4, 0.5) is 0 Å². The van der Waals surface area contributed by atoms with E-state index >= 15 is 0 Å². The number of hydrogen-bond acceptors (Lipinski definition) is 5. The summed E-state index contributed by atoms with van der Waals surface area (Å²) < 4.78 is 5.96. The average molecular weight is 456 g/mol. The summed E-state index contributed by atoms with van der Waals surface area (Å²) in [4.78, 5) is 2.27. The van der Waals surface area contributed by atoms with Crippen molar-refractivity contribution in [1.29, 1.82) is 0 Å². The Kier molecular flexibility index (Phi) is 15.1. The van der Waals surface area contributed by atoms with Gasteiger partial charge in [0, 0.05) is 25.1 Å². The number of hydrogen-bond donors (Lipinski definition) is 3. The molecule has 1 heterocycles. The Morgan fingerprint density at radius 3 is 1.91 bits per heavy atom. The number of likely N-dealkylation sites (tertiary alicyclic amines) is 1. The number of ether oxygens (including phenoxy) is 1. The zero-order valence-corrected chi connectivity index (χ0v) is 20.9. The van der Waals surface area contributed by atoms with E-state index in [4.69, 9.17) is 4.74 Å². The van der Waals surface area contributed by atoms with Gasteiger partial charge in [0.05, 0.1) is 18.8 Å². The van der Waals surface area contributed by atoms with Gasteiger partial charge in [-0.2, -0.15) is 0 Å². The van der Waals surface area contributed by atoms with Gasteiger partial charge in [0.25, 0.3) is 0 Å². The lowest BCUT2D eigenvalue weighted by Gasteiger charge is -2.27. The topological polar surface area (TPSA) is 73.2 Å². The molecule has 5 nitrogen and oxygen atoms in total. The molecule has 3 N–H and O–H groups in total. The second kappa shape index (κ2) is 17.3. The first-order valence-corrected chi connectivity index (χ1v) is 14.0. The number of nitrogens with zero attached hydrogens (tertiary/aromatic N) is 1. The van der Waals surface area contributed by atoms with E-state index in [0.717, 1.165) is 38.8 Å². The second-order valence-corrected chi connectivity index (χ2v) is 10.5. The molecule has 1 aliphatic carbocycles. The summed E-state index contributed by atoms with van der Waals surface area (Å²) in [6.45, 7) is 4.88. The van der Waals surface area contributed by atoms with Gasteiger partial charge in [0.2, 0.25) is 0 Å². The van der Waals surface area contributed by atoms with E-state index in [0.29, 0.717) is 6.61 Å². The molecule has 1 saturated heterocycles. The van der Waals surface area contributed by atoms with Crippen LogP contribution in [0, 0.1) is 5.92 Å². The minimum atomic E-state index is -0.776. The maximum Gasteiger partial charge on any atom is 0.106 e. The van der Waals surface area contributed by atoms with Crippen LogP contribution in [0.5, 0.6) is 0 Å². The van der Waals surface area contributed by atoms with Crippen LogP contribution in [0.2, 0.25) is 0 Å². The predicted octanol–water partition coefficient (Wildman–Crippen LogP) is 5.05. The van der Waals surface area contributed by atoms with Gasteiger partial charge in [-0.1, -0.05) is 90.4 Å². The Labute approximate surface area is 197 Å². The molecule has 0 radical (unpaired) electrons.